The van der Waals surface area contributed by atoms with Crippen molar-refractivity contribution >= 4 is 27.8 Å². The zero-order chi connectivity index (χ0) is 19.8. The first-order chi connectivity index (χ1) is 13.5. The topological polar surface area (TPSA) is 81.7 Å². The van der Waals surface area contributed by atoms with Crippen molar-refractivity contribution in [3.8, 4) is 0 Å². The highest BCUT2D eigenvalue weighted by atomic mass is 16.5. The Balaban J connectivity index is 1.63. The van der Waals surface area contributed by atoms with Crippen LogP contribution in [0.2, 0.25) is 0 Å². The Morgan fingerprint density at radius 1 is 1.11 bits per heavy atom. The molecule has 3 heterocycles. The van der Waals surface area contributed by atoms with Crippen molar-refractivity contribution < 1.29 is 18.4 Å². The van der Waals surface area contributed by atoms with Crippen LogP contribution in [-0.4, -0.2) is 25.7 Å². The van der Waals surface area contributed by atoms with Crippen LogP contribution in [-0.2, 0) is 16.0 Å². The van der Waals surface area contributed by atoms with Crippen molar-refractivity contribution in [2.75, 3.05) is 19.8 Å². The van der Waals surface area contributed by atoms with Crippen LogP contribution in [0.5, 0.6) is 0 Å². The summed E-state index contributed by atoms with van der Waals surface area (Å²) in [6.07, 6.45) is 3.64. The third-order valence-corrected chi connectivity index (χ3v) is 5.80. The van der Waals surface area contributed by atoms with Crippen LogP contribution >= 0.6 is 0 Å². The van der Waals surface area contributed by atoms with Crippen LogP contribution in [0.25, 0.3) is 21.9 Å². The molecule has 6 heteroatoms. The third-order valence-electron chi connectivity index (χ3n) is 5.80. The third kappa shape index (κ3) is 3.33. The van der Waals surface area contributed by atoms with E-state index in [9.17, 15) is 9.59 Å². The average Bonchev–Trinajstić information content (AvgIpc) is 3.07. The fraction of sp³-hybridized carbons (Fsp3) is 0.455. The fourth-order valence-electron chi connectivity index (χ4n) is 3.95. The lowest BCUT2D eigenvalue weighted by molar-refractivity contribution is -0.120. The maximum atomic E-state index is 12.6. The smallest absolute Gasteiger partial charge is 0.340 e. The summed E-state index contributed by atoms with van der Waals surface area (Å²) in [6.45, 7) is 7.85. The van der Waals surface area contributed by atoms with Gasteiger partial charge >= 0.3 is 5.63 Å². The number of fused-ring (bicyclic) bond motifs is 2. The summed E-state index contributed by atoms with van der Waals surface area (Å²) >= 11 is 0. The molecule has 1 aromatic carbocycles. The second kappa shape index (κ2) is 7.43. The molecule has 0 spiro atoms. The molecule has 2 aromatic heterocycles. The molecule has 0 radical (unpaired) electrons. The van der Waals surface area contributed by atoms with Gasteiger partial charge in [-0.3, -0.25) is 4.79 Å². The van der Waals surface area contributed by atoms with Crippen LogP contribution < -0.4 is 10.9 Å². The molecular formula is C22H25NO5. The molecular weight excluding hydrogens is 358 g/mol. The molecule has 0 atom stereocenters. The molecule has 0 bridgehead atoms. The zero-order valence-corrected chi connectivity index (χ0v) is 16.5. The van der Waals surface area contributed by atoms with Gasteiger partial charge in [-0.2, -0.15) is 0 Å². The highest BCUT2D eigenvalue weighted by Crippen LogP contribution is 2.32. The highest BCUT2D eigenvalue weighted by Gasteiger charge is 2.20. The Hall–Kier alpha value is -2.60. The Labute approximate surface area is 162 Å². The van der Waals surface area contributed by atoms with Gasteiger partial charge in [-0.05, 0) is 56.7 Å². The number of carbonyl (C=O) groups excluding carboxylic acids is 1. The number of furan rings is 1. The molecule has 0 aliphatic carbocycles. The molecule has 1 aliphatic heterocycles. The lowest BCUT2D eigenvalue weighted by Gasteiger charge is -2.22. The van der Waals surface area contributed by atoms with Crippen LogP contribution in [0.15, 0.2) is 26.0 Å². The monoisotopic (exact) mass is 383 g/mol. The molecule has 0 saturated carbocycles. The van der Waals surface area contributed by atoms with E-state index < -0.39 is 5.63 Å². The lowest BCUT2D eigenvalue weighted by atomic mass is 9.98. The second-order valence-electron chi connectivity index (χ2n) is 7.70. The van der Waals surface area contributed by atoms with E-state index in [-0.39, 0.29) is 12.3 Å². The molecule has 1 saturated heterocycles. The van der Waals surface area contributed by atoms with Crippen LogP contribution in [0.3, 0.4) is 0 Å². The quantitative estimate of drug-likeness (QED) is 0.697. The first-order valence-electron chi connectivity index (χ1n) is 9.74. The zero-order valence-electron chi connectivity index (χ0n) is 16.5. The predicted octanol–water partition coefficient (Wildman–Crippen LogP) is 3.55. The normalized spacial score (nSPS) is 15.4. The van der Waals surface area contributed by atoms with Crippen molar-refractivity contribution in [3.63, 3.8) is 0 Å². The number of amides is 1. The van der Waals surface area contributed by atoms with Gasteiger partial charge in [-0.15, -0.1) is 0 Å². The van der Waals surface area contributed by atoms with Gasteiger partial charge in [0.2, 0.25) is 5.91 Å². The highest BCUT2D eigenvalue weighted by molar-refractivity contribution is 6.00. The number of rotatable bonds is 4. The summed E-state index contributed by atoms with van der Waals surface area (Å²) in [7, 11) is 0. The van der Waals surface area contributed by atoms with E-state index in [1.54, 1.807) is 6.26 Å². The minimum absolute atomic E-state index is 0.0226. The van der Waals surface area contributed by atoms with Crippen molar-refractivity contribution in [2.24, 2.45) is 5.92 Å². The molecule has 1 aliphatic rings. The summed E-state index contributed by atoms with van der Waals surface area (Å²) < 4.78 is 16.6. The lowest BCUT2D eigenvalue weighted by Crippen LogP contribution is -2.34. The van der Waals surface area contributed by atoms with Crippen molar-refractivity contribution in [1.82, 2.24) is 5.32 Å². The first kappa shape index (κ1) is 18.7. The summed E-state index contributed by atoms with van der Waals surface area (Å²) in [5.74, 6) is 0.283. The molecule has 1 fully saturated rings. The first-order valence-corrected chi connectivity index (χ1v) is 9.74. The molecule has 0 unspecified atom stereocenters. The van der Waals surface area contributed by atoms with Crippen LogP contribution in [0.4, 0.5) is 0 Å². The predicted molar refractivity (Wildman–Crippen MR) is 107 cm³/mol. The van der Waals surface area contributed by atoms with Crippen LogP contribution in [0, 0.1) is 26.7 Å². The van der Waals surface area contributed by atoms with Gasteiger partial charge in [0, 0.05) is 36.1 Å². The standard InChI is InChI=1S/C22H25NO5/c1-12-11-27-20-14(3)21-17(8-16(12)20)13(2)18(22(25)28-21)9-19(24)23-10-15-4-6-26-7-5-15/h8,11,15H,4-7,9-10H2,1-3H3,(H,23,24). The summed E-state index contributed by atoms with van der Waals surface area (Å²) in [6, 6.07) is 1.98. The van der Waals surface area contributed by atoms with Gasteiger partial charge in [0.15, 0.2) is 0 Å². The number of hydrogen-bond donors (Lipinski definition) is 1. The Bertz CT molecular complexity index is 1100. The van der Waals surface area contributed by atoms with Crippen molar-refractivity contribution in [3.05, 3.63) is 45.0 Å². The molecule has 1 amide bonds. The molecule has 4 rings (SSSR count). The maximum Gasteiger partial charge on any atom is 0.340 e. The summed E-state index contributed by atoms with van der Waals surface area (Å²) in [5, 5.41) is 4.80. The van der Waals surface area contributed by atoms with Crippen molar-refractivity contribution in [2.45, 2.75) is 40.0 Å². The Morgan fingerprint density at radius 2 is 1.86 bits per heavy atom. The average molecular weight is 383 g/mol. The number of hydrogen-bond acceptors (Lipinski definition) is 5. The maximum absolute atomic E-state index is 12.6. The van der Waals surface area contributed by atoms with E-state index >= 15 is 0 Å². The van der Waals surface area contributed by atoms with Gasteiger partial charge in [-0.1, -0.05) is 0 Å². The SMILES string of the molecule is Cc1coc2c(C)c3oc(=O)c(CC(=O)NCC4CCOCC4)c(C)c3cc12. The summed E-state index contributed by atoms with van der Waals surface area (Å²) in [4.78, 5) is 25.0. The number of carbonyl (C=O) groups is 1. The molecule has 3 aromatic rings. The Kier molecular flexibility index (Phi) is 4.98. The minimum Gasteiger partial charge on any atom is -0.464 e. The number of nitrogens with one attached hydrogen (secondary N) is 1. The Morgan fingerprint density at radius 3 is 2.61 bits per heavy atom. The van der Waals surface area contributed by atoms with E-state index in [1.165, 1.54) is 0 Å². The molecule has 6 nitrogen and oxygen atoms in total. The number of benzene rings is 1. The van der Waals surface area contributed by atoms with E-state index in [1.807, 2.05) is 26.8 Å². The van der Waals surface area contributed by atoms with E-state index in [4.69, 9.17) is 13.6 Å². The minimum atomic E-state index is -0.461. The van der Waals surface area contributed by atoms with E-state index in [0.717, 1.165) is 59.1 Å². The van der Waals surface area contributed by atoms with Gasteiger partial charge < -0.3 is 18.9 Å². The fourth-order valence-corrected chi connectivity index (χ4v) is 3.95. The number of ether oxygens (including phenoxy) is 1. The molecule has 1 N–H and O–H groups in total. The van der Waals surface area contributed by atoms with Gasteiger partial charge in [0.1, 0.15) is 11.2 Å². The second-order valence-corrected chi connectivity index (χ2v) is 7.70. The van der Waals surface area contributed by atoms with Crippen LogP contribution in [0.1, 0.15) is 35.1 Å². The van der Waals surface area contributed by atoms with Gasteiger partial charge in [0.05, 0.1) is 18.2 Å². The van der Waals surface area contributed by atoms with Crippen molar-refractivity contribution in [1.29, 1.82) is 0 Å². The number of aryl methyl sites for hydroxylation is 3. The van der Waals surface area contributed by atoms with E-state index in [2.05, 4.69) is 5.32 Å². The molecule has 28 heavy (non-hydrogen) atoms. The van der Waals surface area contributed by atoms with Gasteiger partial charge in [-0.25, -0.2) is 4.79 Å². The van der Waals surface area contributed by atoms with E-state index in [0.29, 0.717) is 23.6 Å². The molecule has 148 valence electrons. The van der Waals surface area contributed by atoms with Gasteiger partial charge in [0.25, 0.3) is 0 Å². The summed E-state index contributed by atoms with van der Waals surface area (Å²) in [5.41, 5.74) is 3.83. The largest absolute Gasteiger partial charge is 0.464 e.